The number of alkyl halides is 4. The van der Waals surface area contributed by atoms with E-state index in [4.69, 9.17) is 0 Å². The van der Waals surface area contributed by atoms with E-state index in [-0.39, 0.29) is 33.9 Å². The molecule has 170 valence electrons. The average molecular weight is 453 g/mol. The number of nitrogens with zero attached hydrogens (tertiary/aromatic N) is 3. The van der Waals surface area contributed by atoms with Crippen LogP contribution < -0.4 is 5.32 Å². The summed E-state index contributed by atoms with van der Waals surface area (Å²) in [6.07, 6.45) is -0.109. The molecule has 0 spiro atoms. The highest BCUT2D eigenvalue weighted by molar-refractivity contribution is 6.17. The van der Waals surface area contributed by atoms with E-state index in [9.17, 15) is 26.7 Å². The smallest absolute Gasteiger partial charge is 0.360 e. The number of anilines is 1. The normalized spacial score (nSPS) is 19.3. The summed E-state index contributed by atoms with van der Waals surface area (Å²) >= 11 is 0. The first-order chi connectivity index (χ1) is 15.2. The summed E-state index contributed by atoms with van der Waals surface area (Å²) in [4.78, 5) is 27.3. The molecule has 3 heterocycles. The van der Waals surface area contributed by atoms with Crippen LogP contribution in [0.1, 0.15) is 47.3 Å². The Balaban J connectivity index is 1.57. The number of nitrogens with one attached hydrogen (secondary N) is 2. The number of aromatic nitrogens is 4. The molecule has 1 aliphatic rings. The van der Waals surface area contributed by atoms with Crippen molar-refractivity contribution in [3.8, 4) is 0 Å². The molecule has 11 heteroatoms. The average Bonchev–Trinajstić information content (AvgIpc) is 3.18. The van der Waals surface area contributed by atoms with Crippen LogP contribution in [0, 0.1) is 11.9 Å². The van der Waals surface area contributed by atoms with Gasteiger partial charge in [0.25, 0.3) is 0 Å². The van der Waals surface area contributed by atoms with Gasteiger partial charge in [-0.2, -0.15) is 17.6 Å². The van der Waals surface area contributed by atoms with Crippen LogP contribution in [-0.4, -0.2) is 44.6 Å². The van der Waals surface area contributed by atoms with E-state index in [0.29, 0.717) is 37.8 Å². The van der Waals surface area contributed by atoms with Gasteiger partial charge < -0.3 is 10.3 Å². The molecule has 0 amide bonds. The molecule has 0 saturated heterocycles. The third-order valence-electron chi connectivity index (χ3n) is 5.60. The minimum Gasteiger partial charge on any atom is -0.360 e. The number of rotatable bonds is 6. The van der Waals surface area contributed by atoms with Gasteiger partial charge in [0.1, 0.15) is 30.5 Å². The van der Waals surface area contributed by atoms with Gasteiger partial charge in [-0.05, 0) is 50.2 Å². The largest absolute Gasteiger partial charge is 0.405 e. The molecule has 3 aromatic heterocycles. The second-order valence-corrected chi connectivity index (χ2v) is 7.91. The van der Waals surface area contributed by atoms with Crippen LogP contribution in [0.5, 0.6) is 0 Å². The van der Waals surface area contributed by atoms with Crippen molar-refractivity contribution in [3.05, 3.63) is 47.4 Å². The van der Waals surface area contributed by atoms with E-state index in [2.05, 4.69) is 25.3 Å². The molecule has 0 bridgehead atoms. The van der Waals surface area contributed by atoms with Crippen molar-refractivity contribution in [3.63, 3.8) is 0 Å². The molecule has 1 aliphatic carbocycles. The molecule has 32 heavy (non-hydrogen) atoms. The number of hydrogen-bond donors (Lipinski definition) is 2. The summed E-state index contributed by atoms with van der Waals surface area (Å²) in [7, 11) is 0. The summed E-state index contributed by atoms with van der Waals surface area (Å²) in [5.74, 6) is -1.70. The maximum atomic E-state index is 14.7. The quantitative estimate of drug-likeness (QED) is 0.319. The Bertz CT molecular complexity index is 1120. The van der Waals surface area contributed by atoms with Crippen molar-refractivity contribution in [2.24, 2.45) is 5.92 Å². The molecule has 3 aromatic rings. The van der Waals surface area contributed by atoms with Gasteiger partial charge in [0.05, 0.1) is 16.5 Å². The number of aromatic amines is 1. The number of pyridine rings is 1. The topological polar surface area (TPSA) is 83.6 Å². The van der Waals surface area contributed by atoms with Gasteiger partial charge in [-0.15, -0.1) is 0 Å². The minimum atomic E-state index is -4.49. The van der Waals surface area contributed by atoms with E-state index in [0.717, 1.165) is 6.33 Å². The van der Waals surface area contributed by atoms with Gasteiger partial charge in [-0.25, -0.2) is 19.3 Å². The zero-order valence-electron chi connectivity index (χ0n) is 16.8. The van der Waals surface area contributed by atoms with Crippen molar-refractivity contribution >= 4 is 22.6 Å². The van der Waals surface area contributed by atoms with Crippen LogP contribution in [0.2, 0.25) is 0 Å². The fourth-order valence-corrected chi connectivity index (χ4v) is 3.98. The van der Waals surface area contributed by atoms with Crippen molar-refractivity contribution in [1.82, 2.24) is 19.9 Å². The number of H-pyrrole nitrogens is 1. The fraction of sp³-hybridized carbons (Fsp3) is 0.429. The summed E-state index contributed by atoms with van der Waals surface area (Å²) in [5.41, 5.74) is 0.227. The van der Waals surface area contributed by atoms with Gasteiger partial charge >= 0.3 is 6.18 Å². The SMILES string of the molecule is O=C(c1ccc(CC2CCC(F)CC2)nc1F)c1c[nH]c2ncnc(NCC(F)(F)F)c12. The van der Waals surface area contributed by atoms with Crippen LogP contribution >= 0.6 is 0 Å². The van der Waals surface area contributed by atoms with Gasteiger partial charge in [0.2, 0.25) is 5.95 Å². The lowest BCUT2D eigenvalue weighted by atomic mass is 9.85. The Hall–Kier alpha value is -3.11. The molecule has 0 unspecified atom stereocenters. The fourth-order valence-electron chi connectivity index (χ4n) is 3.98. The number of ketones is 1. The molecular formula is C21H20F5N5O. The second kappa shape index (κ2) is 8.79. The first-order valence-electron chi connectivity index (χ1n) is 10.2. The molecule has 1 fully saturated rings. The maximum Gasteiger partial charge on any atom is 0.405 e. The van der Waals surface area contributed by atoms with Crippen LogP contribution in [0.25, 0.3) is 11.0 Å². The lowest BCUT2D eigenvalue weighted by Crippen LogP contribution is -2.22. The Labute approximate surface area is 179 Å². The van der Waals surface area contributed by atoms with Crippen LogP contribution in [0.3, 0.4) is 0 Å². The Morgan fingerprint density at radius 3 is 2.56 bits per heavy atom. The van der Waals surface area contributed by atoms with E-state index in [1.807, 2.05) is 0 Å². The van der Waals surface area contributed by atoms with Crippen molar-refractivity contribution in [2.45, 2.75) is 44.5 Å². The highest BCUT2D eigenvalue weighted by Gasteiger charge is 2.29. The number of carbonyl (C=O) groups excluding carboxylic acids is 1. The van der Waals surface area contributed by atoms with Crippen molar-refractivity contribution in [2.75, 3.05) is 11.9 Å². The third-order valence-corrected chi connectivity index (χ3v) is 5.60. The van der Waals surface area contributed by atoms with Crippen molar-refractivity contribution < 1.29 is 26.7 Å². The molecule has 0 aromatic carbocycles. The molecular weight excluding hydrogens is 433 g/mol. The van der Waals surface area contributed by atoms with E-state index in [1.54, 1.807) is 6.07 Å². The Kier molecular flexibility index (Phi) is 6.07. The number of hydrogen-bond acceptors (Lipinski definition) is 5. The van der Waals surface area contributed by atoms with Gasteiger partial charge in [0.15, 0.2) is 5.78 Å². The number of carbonyl (C=O) groups is 1. The van der Waals surface area contributed by atoms with Crippen LogP contribution in [0.4, 0.5) is 27.8 Å². The summed E-state index contributed by atoms with van der Waals surface area (Å²) in [6, 6.07) is 2.86. The zero-order chi connectivity index (χ0) is 22.9. The predicted octanol–water partition coefficient (Wildman–Crippen LogP) is 4.77. The van der Waals surface area contributed by atoms with Crippen LogP contribution in [0.15, 0.2) is 24.7 Å². The first-order valence-corrected chi connectivity index (χ1v) is 10.2. The third kappa shape index (κ3) is 4.86. The molecule has 6 nitrogen and oxygen atoms in total. The van der Waals surface area contributed by atoms with Crippen LogP contribution in [-0.2, 0) is 6.42 Å². The first kappa shape index (κ1) is 22.1. The number of fused-ring (bicyclic) bond motifs is 1. The summed E-state index contributed by atoms with van der Waals surface area (Å²) in [6.45, 7) is -1.35. The van der Waals surface area contributed by atoms with Crippen molar-refractivity contribution in [1.29, 1.82) is 0 Å². The summed E-state index contributed by atoms with van der Waals surface area (Å²) in [5, 5.41) is 2.18. The molecule has 0 aliphatic heterocycles. The van der Waals surface area contributed by atoms with E-state index < -0.39 is 30.6 Å². The number of halogens is 5. The molecule has 0 radical (unpaired) electrons. The standard InChI is InChI=1S/C21H20F5N5O/c22-12-3-1-11(2-4-12)7-13-5-6-14(18(23)31-13)17(32)15-8-27-19-16(15)20(30-10-29-19)28-9-21(24,25)26/h5-6,8,10-12H,1-4,7,9H2,(H2,27,28,29,30). The predicted molar refractivity (Wildman–Crippen MR) is 107 cm³/mol. The maximum absolute atomic E-state index is 14.7. The highest BCUT2D eigenvalue weighted by atomic mass is 19.4. The molecule has 1 saturated carbocycles. The van der Waals surface area contributed by atoms with E-state index in [1.165, 1.54) is 12.3 Å². The lowest BCUT2D eigenvalue weighted by Gasteiger charge is -2.23. The molecule has 0 atom stereocenters. The van der Waals surface area contributed by atoms with Gasteiger partial charge in [-0.3, -0.25) is 4.79 Å². The monoisotopic (exact) mass is 453 g/mol. The van der Waals surface area contributed by atoms with E-state index >= 15 is 0 Å². The lowest BCUT2D eigenvalue weighted by molar-refractivity contribution is -0.115. The molecule has 2 N–H and O–H groups in total. The van der Waals surface area contributed by atoms with Gasteiger partial charge in [0, 0.05) is 11.9 Å². The Morgan fingerprint density at radius 1 is 1.12 bits per heavy atom. The van der Waals surface area contributed by atoms with Gasteiger partial charge in [-0.1, -0.05) is 0 Å². The zero-order valence-corrected chi connectivity index (χ0v) is 16.8. The second-order valence-electron chi connectivity index (χ2n) is 7.91. The highest BCUT2D eigenvalue weighted by Crippen LogP contribution is 2.30. The minimum absolute atomic E-state index is 0.0354. The summed E-state index contributed by atoms with van der Waals surface area (Å²) < 4.78 is 65.9. The molecule has 4 rings (SSSR count). The Morgan fingerprint density at radius 2 is 1.88 bits per heavy atom.